The van der Waals surface area contributed by atoms with E-state index in [1.807, 2.05) is 0 Å². The first-order valence-corrected chi connectivity index (χ1v) is 7.30. The predicted molar refractivity (Wildman–Crippen MR) is 78.5 cm³/mol. The Morgan fingerprint density at radius 3 is 2.76 bits per heavy atom. The molecule has 1 aliphatic rings. The minimum Gasteiger partial charge on any atom is -0.391 e. The Labute approximate surface area is 127 Å². The molecule has 1 aromatic carbocycles. The van der Waals surface area contributed by atoms with Crippen molar-refractivity contribution in [2.24, 2.45) is 0 Å². The zero-order chi connectivity index (χ0) is 15.4. The molecule has 1 amide bonds. The molecule has 21 heavy (non-hydrogen) atoms. The summed E-state index contributed by atoms with van der Waals surface area (Å²) in [5, 5.41) is 23.7. The summed E-state index contributed by atoms with van der Waals surface area (Å²) in [6.07, 6.45) is 3.49. The maximum absolute atomic E-state index is 12.3. The molecule has 0 radical (unpaired) electrons. The van der Waals surface area contributed by atoms with E-state index >= 15 is 0 Å². The van der Waals surface area contributed by atoms with Crippen LogP contribution in [0.4, 0.5) is 5.69 Å². The van der Waals surface area contributed by atoms with E-state index in [9.17, 15) is 20.0 Å². The molecule has 114 valence electrons. The van der Waals surface area contributed by atoms with Crippen molar-refractivity contribution in [3.8, 4) is 0 Å². The molecule has 0 aromatic heterocycles. The van der Waals surface area contributed by atoms with E-state index in [4.69, 9.17) is 11.6 Å². The van der Waals surface area contributed by atoms with Gasteiger partial charge in [0.2, 0.25) is 0 Å². The number of carbonyl (C=O) groups is 1. The Morgan fingerprint density at radius 1 is 1.33 bits per heavy atom. The van der Waals surface area contributed by atoms with Crippen LogP contribution in [-0.2, 0) is 0 Å². The molecular formula is C14H17ClN2O4. The van der Waals surface area contributed by atoms with Crippen LogP contribution in [0, 0.1) is 10.1 Å². The maximum Gasteiger partial charge on any atom is 0.283 e. The number of hydrogen-bond donors (Lipinski definition) is 2. The summed E-state index contributed by atoms with van der Waals surface area (Å²) in [6.45, 7) is 0. The van der Waals surface area contributed by atoms with Gasteiger partial charge in [-0.3, -0.25) is 14.9 Å². The number of amides is 1. The van der Waals surface area contributed by atoms with Gasteiger partial charge in [0.05, 0.1) is 22.1 Å². The fourth-order valence-electron chi connectivity index (χ4n) is 2.59. The van der Waals surface area contributed by atoms with Gasteiger partial charge in [0.1, 0.15) is 5.56 Å². The van der Waals surface area contributed by atoms with Crippen LogP contribution in [0.15, 0.2) is 18.2 Å². The van der Waals surface area contributed by atoms with Crippen LogP contribution in [0.3, 0.4) is 0 Å². The Balaban J connectivity index is 2.22. The lowest BCUT2D eigenvalue weighted by atomic mass is 10.0. The Bertz CT molecular complexity index is 550. The fourth-order valence-corrected chi connectivity index (χ4v) is 2.84. The lowest BCUT2D eigenvalue weighted by Gasteiger charge is -2.21. The van der Waals surface area contributed by atoms with E-state index in [1.54, 1.807) is 0 Å². The molecule has 0 aliphatic heterocycles. The summed E-state index contributed by atoms with van der Waals surface area (Å²) in [5.74, 6) is -0.613. The molecule has 1 aliphatic carbocycles. The number of nitro benzene ring substituents is 1. The first kappa shape index (κ1) is 15.7. The molecule has 1 fully saturated rings. The number of aliphatic hydroxyl groups is 1. The van der Waals surface area contributed by atoms with Crippen LogP contribution in [0.1, 0.15) is 42.5 Å². The monoisotopic (exact) mass is 312 g/mol. The Kier molecular flexibility index (Phi) is 5.14. The van der Waals surface area contributed by atoms with Crippen molar-refractivity contribution < 1.29 is 14.8 Å². The minimum absolute atomic E-state index is 0.0322. The Morgan fingerprint density at radius 2 is 2.05 bits per heavy atom. The summed E-state index contributed by atoms with van der Waals surface area (Å²) in [7, 11) is 0. The first-order chi connectivity index (χ1) is 10.0. The van der Waals surface area contributed by atoms with Gasteiger partial charge in [0.25, 0.3) is 11.6 Å². The van der Waals surface area contributed by atoms with Crippen LogP contribution < -0.4 is 5.32 Å². The van der Waals surface area contributed by atoms with Crippen LogP contribution in [0.5, 0.6) is 0 Å². The van der Waals surface area contributed by atoms with E-state index in [0.29, 0.717) is 12.8 Å². The van der Waals surface area contributed by atoms with Gasteiger partial charge in [-0.15, -0.1) is 0 Å². The molecule has 0 spiro atoms. The summed E-state index contributed by atoms with van der Waals surface area (Å²) in [6, 6.07) is 3.71. The summed E-state index contributed by atoms with van der Waals surface area (Å²) in [4.78, 5) is 22.7. The van der Waals surface area contributed by atoms with Crippen LogP contribution >= 0.6 is 11.6 Å². The van der Waals surface area contributed by atoms with E-state index in [0.717, 1.165) is 19.3 Å². The molecule has 6 nitrogen and oxygen atoms in total. The number of aliphatic hydroxyl groups excluding tert-OH is 1. The SMILES string of the molecule is O=C(NC1CCCCCC1O)c1c(Cl)cccc1[N+](=O)[O-]. The van der Waals surface area contributed by atoms with Gasteiger partial charge in [-0.1, -0.05) is 36.9 Å². The topological polar surface area (TPSA) is 92.5 Å². The highest BCUT2D eigenvalue weighted by Gasteiger charge is 2.28. The molecule has 2 unspecified atom stereocenters. The van der Waals surface area contributed by atoms with Crippen molar-refractivity contribution in [3.63, 3.8) is 0 Å². The van der Waals surface area contributed by atoms with Crippen molar-refractivity contribution in [2.75, 3.05) is 0 Å². The predicted octanol–water partition coefficient (Wildman–Crippen LogP) is 2.67. The highest BCUT2D eigenvalue weighted by molar-refractivity contribution is 6.34. The molecule has 2 atom stereocenters. The molecule has 2 rings (SSSR count). The third-order valence-corrected chi connectivity index (χ3v) is 4.03. The van der Waals surface area contributed by atoms with E-state index in [1.165, 1.54) is 18.2 Å². The molecule has 0 heterocycles. The number of carbonyl (C=O) groups excluding carboxylic acids is 1. The third-order valence-electron chi connectivity index (χ3n) is 3.71. The fraction of sp³-hybridized carbons (Fsp3) is 0.500. The standard InChI is InChI=1S/C14H17ClN2O4/c15-9-5-4-7-11(17(20)21)13(9)14(19)16-10-6-2-1-3-8-12(10)18/h4-5,7,10,12,18H,1-3,6,8H2,(H,16,19). The van der Waals surface area contributed by atoms with Crippen molar-refractivity contribution in [1.29, 1.82) is 0 Å². The number of nitrogens with one attached hydrogen (secondary N) is 1. The summed E-state index contributed by atoms with van der Waals surface area (Å²) in [5.41, 5.74) is -0.483. The maximum atomic E-state index is 12.3. The quantitative estimate of drug-likeness (QED) is 0.510. The van der Waals surface area contributed by atoms with Crippen LogP contribution in [0.2, 0.25) is 5.02 Å². The zero-order valence-corrected chi connectivity index (χ0v) is 12.2. The van der Waals surface area contributed by atoms with E-state index in [-0.39, 0.29) is 16.3 Å². The smallest absolute Gasteiger partial charge is 0.283 e. The molecule has 1 aromatic rings. The lowest BCUT2D eigenvalue weighted by Crippen LogP contribution is -2.42. The number of hydrogen-bond acceptors (Lipinski definition) is 4. The largest absolute Gasteiger partial charge is 0.391 e. The average Bonchev–Trinajstić information content (AvgIpc) is 2.63. The lowest BCUT2D eigenvalue weighted by molar-refractivity contribution is -0.385. The summed E-state index contributed by atoms with van der Waals surface area (Å²) < 4.78 is 0. The van der Waals surface area contributed by atoms with Gasteiger partial charge < -0.3 is 10.4 Å². The summed E-state index contributed by atoms with van der Waals surface area (Å²) >= 11 is 5.93. The molecule has 1 saturated carbocycles. The van der Waals surface area contributed by atoms with E-state index < -0.39 is 23.0 Å². The number of halogens is 1. The highest BCUT2D eigenvalue weighted by atomic mass is 35.5. The van der Waals surface area contributed by atoms with E-state index in [2.05, 4.69) is 5.32 Å². The number of rotatable bonds is 3. The van der Waals surface area contributed by atoms with Crippen molar-refractivity contribution >= 4 is 23.2 Å². The van der Waals surface area contributed by atoms with Gasteiger partial charge in [0.15, 0.2) is 0 Å². The molecular weight excluding hydrogens is 296 g/mol. The third kappa shape index (κ3) is 3.71. The van der Waals surface area contributed by atoms with Crippen molar-refractivity contribution in [2.45, 2.75) is 44.2 Å². The van der Waals surface area contributed by atoms with Gasteiger partial charge >= 0.3 is 0 Å². The normalized spacial score (nSPS) is 22.4. The first-order valence-electron chi connectivity index (χ1n) is 6.92. The second-order valence-corrected chi connectivity index (χ2v) is 5.58. The molecule has 0 saturated heterocycles. The molecule has 2 N–H and O–H groups in total. The van der Waals surface area contributed by atoms with Gasteiger partial charge in [0, 0.05) is 6.07 Å². The van der Waals surface area contributed by atoms with Gasteiger partial charge in [-0.25, -0.2) is 0 Å². The van der Waals surface area contributed by atoms with Crippen LogP contribution in [0.25, 0.3) is 0 Å². The van der Waals surface area contributed by atoms with Gasteiger partial charge in [-0.2, -0.15) is 0 Å². The number of nitro groups is 1. The minimum atomic E-state index is -0.635. The second-order valence-electron chi connectivity index (χ2n) is 5.18. The average molecular weight is 313 g/mol. The van der Waals surface area contributed by atoms with Crippen molar-refractivity contribution in [3.05, 3.63) is 38.9 Å². The molecule has 7 heteroatoms. The number of nitrogens with zero attached hydrogens (tertiary/aromatic N) is 1. The van der Waals surface area contributed by atoms with Crippen LogP contribution in [-0.4, -0.2) is 28.1 Å². The van der Waals surface area contributed by atoms with Gasteiger partial charge in [-0.05, 0) is 18.9 Å². The highest BCUT2D eigenvalue weighted by Crippen LogP contribution is 2.27. The Hall–Kier alpha value is -1.66. The number of benzene rings is 1. The molecule has 0 bridgehead atoms. The van der Waals surface area contributed by atoms with Crippen molar-refractivity contribution in [1.82, 2.24) is 5.32 Å². The second kappa shape index (κ2) is 6.87. The zero-order valence-electron chi connectivity index (χ0n) is 11.4.